The van der Waals surface area contributed by atoms with Crippen LogP contribution in [0, 0.1) is 0 Å². The van der Waals surface area contributed by atoms with Crippen molar-refractivity contribution in [1.29, 1.82) is 0 Å². The molecule has 0 aromatic rings. The van der Waals surface area contributed by atoms with Gasteiger partial charge in [-0.05, 0) is 6.42 Å². The highest BCUT2D eigenvalue weighted by molar-refractivity contribution is 4.41. The molecule has 0 rings (SSSR count). The molecule has 0 fully saturated rings. The number of rotatable bonds is 6. The van der Waals surface area contributed by atoms with Gasteiger partial charge in [-0.1, -0.05) is 39.0 Å². The van der Waals surface area contributed by atoms with E-state index >= 15 is 0 Å². The summed E-state index contributed by atoms with van der Waals surface area (Å²) in [6.45, 7) is 2.58. The van der Waals surface area contributed by atoms with Gasteiger partial charge in [-0.2, -0.15) is 0 Å². The van der Waals surface area contributed by atoms with Crippen molar-refractivity contribution in [3.05, 3.63) is 0 Å². The zero-order valence-corrected chi connectivity index (χ0v) is 7.55. The van der Waals surface area contributed by atoms with Crippen molar-refractivity contribution >= 4 is 0 Å². The van der Waals surface area contributed by atoms with Crippen LogP contribution in [0.25, 0.3) is 0 Å². The van der Waals surface area contributed by atoms with E-state index in [4.69, 9.17) is 5.11 Å². The molecule has 5 N–H and O–H groups in total. The van der Waals surface area contributed by atoms with Crippen LogP contribution >= 0.6 is 0 Å². The summed E-state index contributed by atoms with van der Waals surface area (Å²) in [5.41, 5.74) is 0. The Morgan fingerprint density at radius 1 is 0.909 bits per heavy atom. The third-order valence-electron chi connectivity index (χ3n) is 1.51. The number of unbranched alkanes of at least 4 members (excludes halogenated alkanes) is 5. The van der Waals surface area contributed by atoms with Crippen LogP contribution in [-0.4, -0.2) is 11.7 Å². The van der Waals surface area contributed by atoms with Crippen molar-refractivity contribution in [2.75, 3.05) is 6.61 Å². The zero-order chi connectivity index (χ0) is 8.95. The number of nitrogens with two attached hydrogens (primary N) is 2. The fourth-order valence-electron chi connectivity index (χ4n) is 0.892. The Labute approximate surface area is 69.7 Å². The highest BCUT2D eigenvalue weighted by Crippen LogP contribution is 2.03. The van der Waals surface area contributed by atoms with Crippen LogP contribution in [-0.2, 0) is 0 Å². The summed E-state index contributed by atoms with van der Waals surface area (Å²) in [6.07, 6.45) is 7.50. The van der Waals surface area contributed by atoms with Gasteiger partial charge in [0.2, 0.25) is 0 Å². The third-order valence-corrected chi connectivity index (χ3v) is 1.51. The topological polar surface area (TPSA) is 72.3 Å². The summed E-state index contributed by atoms with van der Waals surface area (Å²) in [5, 5.41) is 8.42. The molecule has 0 atom stereocenters. The predicted molar refractivity (Wildman–Crippen MR) is 48.8 cm³/mol. The van der Waals surface area contributed by atoms with Gasteiger partial charge >= 0.3 is 0 Å². The molecule has 0 saturated carbocycles. The Morgan fingerprint density at radius 3 is 1.82 bits per heavy atom. The summed E-state index contributed by atoms with van der Waals surface area (Å²) < 4.78 is 0. The van der Waals surface area contributed by atoms with Gasteiger partial charge < -0.3 is 5.11 Å². The Hall–Kier alpha value is -0.120. The molecule has 0 aliphatic rings. The largest absolute Gasteiger partial charge is 0.396 e. The van der Waals surface area contributed by atoms with E-state index in [1.165, 1.54) is 32.1 Å². The average Bonchev–Trinajstić information content (AvgIpc) is 2.08. The molecule has 0 amide bonds. The van der Waals surface area contributed by atoms with Crippen LogP contribution in [0.3, 0.4) is 0 Å². The third kappa shape index (κ3) is 17.7. The SMILES string of the molecule is CCCCCCCCO.NN. The number of aliphatic hydroxyl groups is 1. The van der Waals surface area contributed by atoms with Gasteiger partial charge in [0.25, 0.3) is 0 Å². The van der Waals surface area contributed by atoms with E-state index in [1.807, 2.05) is 0 Å². The van der Waals surface area contributed by atoms with Gasteiger partial charge in [0.15, 0.2) is 0 Å². The van der Waals surface area contributed by atoms with Crippen LogP contribution in [0.15, 0.2) is 0 Å². The lowest BCUT2D eigenvalue weighted by molar-refractivity contribution is 0.282. The maximum Gasteiger partial charge on any atom is 0.0431 e. The smallest absolute Gasteiger partial charge is 0.0431 e. The summed E-state index contributed by atoms with van der Waals surface area (Å²) in [6, 6.07) is 0. The van der Waals surface area contributed by atoms with Gasteiger partial charge in [0.1, 0.15) is 0 Å². The zero-order valence-electron chi connectivity index (χ0n) is 7.55. The number of hydrogen-bond donors (Lipinski definition) is 3. The van der Waals surface area contributed by atoms with E-state index < -0.39 is 0 Å². The van der Waals surface area contributed by atoms with Crippen molar-refractivity contribution in [1.82, 2.24) is 0 Å². The average molecular weight is 162 g/mol. The van der Waals surface area contributed by atoms with Crippen LogP contribution in [0.2, 0.25) is 0 Å². The molecule has 3 nitrogen and oxygen atoms in total. The molecule has 0 saturated heterocycles. The van der Waals surface area contributed by atoms with Crippen molar-refractivity contribution in [3.8, 4) is 0 Å². The lowest BCUT2D eigenvalue weighted by atomic mass is 10.1. The normalized spacial score (nSPS) is 8.73. The van der Waals surface area contributed by atoms with Gasteiger partial charge in [-0.25, -0.2) is 0 Å². The lowest BCUT2D eigenvalue weighted by Crippen LogP contribution is -2.02. The summed E-state index contributed by atoms with van der Waals surface area (Å²) >= 11 is 0. The Bertz CT molecular complexity index is 45.4. The van der Waals surface area contributed by atoms with Crippen molar-refractivity contribution in [2.24, 2.45) is 11.7 Å². The Kier molecular flexibility index (Phi) is 20.2. The van der Waals surface area contributed by atoms with E-state index in [9.17, 15) is 0 Å². The molecule has 0 aliphatic carbocycles. The maximum atomic E-state index is 8.42. The summed E-state index contributed by atoms with van der Waals surface area (Å²) in [4.78, 5) is 0. The Balaban J connectivity index is 0. The van der Waals surface area contributed by atoms with Crippen molar-refractivity contribution in [2.45, 2.75) is 45.4 Å². The van der Waals surface area contributed by atoms with Gasteiger partial charge in [-0.3, -0.25) is 11.7 Å². The van der Waals surface area contributed by atoms with Gasteiger partial charge in [0.05, 0.1) is 0 Å². The highest BCUT2D eigenvalue weighted by Gasteiger charge is 1.86. The number of aliphatic hydroxyl groups excluding tert-OH is 1. The summed E-state index contributed by atoms with van der Waals surface area (Å²) in [5.74, 6) is 8.00. The highest BCUT2D eigenvalue weighted by atomic mass is 16.2. The van der Waals surface area contributed by atoms with Crippen LogP contribution < -0.4 is 11.7 Å². The second-order valence-corrected chi connectivity index (χ2v) is 2.49. The predicted octanol–water partition coefficient (Wildman–Crippen LogP) is 1.16. The molecule has 0 aliphatic heterocycles. The minimum atomic E-state index is 0.367. The molecule has 0 spiro atoms. The second-order valence-electron chi connectivity index (χ2n) is 2.49. The van der Waals surface area contributed by atoms with Gasteiger partial charge in [-0.15, -0.1) is 0 Å². The maximum absolute atomic E-state index is 8.42. The standard InChI is InChI=1S/C8H18O.H4N2/c1-2-3-4-5-6-7-8-9;1-2/h9H,2-8H2,1H3;1-2H2. The van der Waals surface area contributed by atoms with Crippen LogP contribution in [0.5, 0.6) is 0 Å². The minimum absolute atomic E-state index is 0.367. The molecule has 0 unspecified atom stereocenters. The van der Waals surface area contributed by atoms with E-state index in [0.29, 0.717) is 6.61 Å². The van der Waals surface area contributed by atoms with Crippen LogP contribution in [0.1, 0.15) is 45.4 Å². The van der Waals surface area contributed by atoms with E-state index in [1.54, 1.807) is 0 Å². The first-order valence-electron chi connectivity index (χ1n) is 4.36. The van der Waals surface area contributed by atoms with E-state index in [2.05, 4.69) is 18.6 Å². The molecule has 0 aromatic heterocycles. The van der Waals surface area contributed by atoms with Crippen LogP contribution in [0.4, 0.5) is 0 Å². The number of hydrogen-bond acceptors (Lipinski definition) is 3. The molecule has 0 aromatic carbocycles. The fraction of sp³-hybridized carbons (Fsp3) is 1.00. The number of hydrazine groups is 1. The Morgan fingerprint density at radius 2 is 1.36 bits per heavy atom. The van der Waals surface area contributed by atoms with E-state index in [-0.39, 0.29) is 0 Å². The molecule has 0 radical (unpaired) electrons. The second kappa shape index (κ2) is 16.5. The molecule has 3 heteroatoms. The quantitative estimate of drug-likeness (QED) is 0.312. The summed E-state index contributed by atoms with van der Waals surface area (Å²) in [7, 11) is 0. The lowest BCUT2D eigenvalue weighted by Gasteiger charge is -1.95. The first-order valence-corrected chi connectivity index (χ1v) is 4.36. The van der Waals surface area contributed by atoms with Gasteiger partial charge in [0, 0.05) is 6.61 Å². The molecule has 11 heavy (non-hydrogen) atoms. The first-order chi connectivity index (χ1) is 5.41. The van der Waals surface area contributed by atoms with Crippen molar-refractivity contribution in [3.63, 3.8) is 0 Å². The van der Waals surface area contributed by atoms with Crippen molar-refractivity contribution < 1.29 is 5.11 Å². The monoisotopic (exact) mass is 162 g/mol. The molecule has 0 heterocycles. The fourth-order valence-corrected chi connectivity index (χ4v) is 0.892. The minimum Gasteiger partial charge on any atom is -0.396 e. The molecule has 0 bridgehead atoms. The van der Waals surface area contributed by atoms with E-state index in [0.717, 1.165) is 6.42 Å². The molecular formula is C8H22N2O. The molecular weight excluding hydrogens is 140 g/mol. The molecule has 70 valence electrons. The first kappa shape index (κ1) is 13.5.